The molecule has 0 fully saturated rings. The number of ether oxygens (including phenoxy) is 1. The first-order valence-corrected chi connectivity index (χ1v) is 8.95. The van der Waals surface area contributed by atoms with Crippen LogP contribution in [0, 0.1) is 0 Å². The van der Waals surface area contributed by atoms with Gasteiger partial charge in [-0.1, -0.05) is 50.2 Å². The first-order chi connectivity index (χ1) is 13.3. The fourth-order valence-electron chi connectivity index (χ4n) is 2.27. The van der Waals surface area contributed by atoms with Crippen LogP contribution in [0.25, 0.3) is 10.8 Å². The lowest BCUT2D eigenvalue weighted by atomic mass is 10.1. The Morgan fingerprint density at radius 1 is 1.04 bits per heavy atom. The third kappa shape index (κ3) is 9.70. The van der Waals surface area contributed by atoms with Gasteiger partial charge in [-0.3, -0.25) is 0 Å². The van der Waals surface area contributed by atoms with Crippen molar-refractivity contribution in [2.45, 2.75) is 32.4 Å². The smallest absolute Gasteiger partial charge is 0.328 e. The Morgan fingerprint density at radius 3 is 2.25 bits per heavy atom. The van der Waals surface area contributed by atoms with Crippen molar-refractivity contribution < 1.29 is 29.6 Å². The molecule has 0 aliphatic rings. The van der Waals surface area contributed by atoms with Crippen LogP contribution in [-0.4, -0.2) is 52.6 Å². The molecular formula is C21H27NO6. The van der Waals surface area contributed by atoms with Crippen LogP contribution in [0.5, 0.6) is 5.75 Å². The Labute approximate surface area is 164 Å². The number of fused-ring (bicyclic) bond motifs is 1. The molecule has 1 unspecified atom stereocenters. The molecule has 0 spiro atoms. The molecule has 0 heterocycles. The number of carbonyl (C=O) groups is 2. The van der Waals surface area contributed by atoms with Crippen molar-refractivity contribution in [1.82, 2.24) is 5.32 Å². The van der Waals surface area contributed by atoms with Crippen LogP contribution in [0.15, 0.2) is 54.6 Å². The van der Waals surface area contributed by atoms with Gasteiger partial charge in [-0.2, -0.15) is 0 Å². The molecule has 7 heteroatoms. The Bertz CT molecular complexity index is 766. The molecule has 0 saturated heterocycles. The quantitative estimate of drug-likeness (QED) is 0.487. The molecule has 0 saturated carbocycles. The van der Waals surface area contributed by atoms with E-state index in [0.717, 1.165) is 23.1 Å². The highest BCUT2D eigenvalue weighted by Crippen LogP contribution is 2.25. The number of aliphatic hydroxyl groups excluding tert-OH is 1. The summed E-state index contributed by atoms with van der Waals surface area (Å²) >= 11 is 0. The van der Waals surface area contributed by atoms with Crippen LogP contribution in [0.3, 0.4) is 0 Å². The summed E-state index contributed by atoms with van der Waals surface area (Å²) in [6, 6.07) is 14.5. The topological polar surface area (TPSA) is 116 Å². The monoisotopic (exact) mass is 389 g/mol. The highest BCUT2D eigenvalue weighted by atomic mass is 16.5. The van der Waals surface area contributed by atoms with Gasteiger partial charge in [0.25, 0.3) is 0 Å². The maximum absolute atomic E-state index is 9.93. The third-order valence-electron chi connectivity index (χ3n) is 3.58. The van der Waals surface area contributed by atoms with Crippen molar-refractivity contribution >= 4 is 22.7 Å². The van der Waals surface area contributed by atoms with E-state index in [0.29, 0.717) is 31.2 Å². The average molecular weight is 389 g/mol. The van der Waals surface area contributed by atoms with E-state index in [9.17, 15) is 14.7 Å². The number of hydrogen-bond acceptors (Lipinski definition) is 5. The van der Waals surface area contributed by atoms with Crippen LogP contribution < -0.4 is 10.1 Å². The van der Waals surface area contributed by atoms with Gasteiger partial charge in [-0.15, -0.1) is 0 Å². The minimum Gasteiger partial charge on any atom is -0.490 e. The maximum Gasteiger partial charge on any atom is 0.328 e. The largest absolute Gasteiger partial charge is 0.490 e. The van der Waals surface area contributed by atoms with Crippen LogP contribution >= 0.6 is 0 Å². The summed E-state index contributed by atoms with van der Waals surface area (Å²) in [6.07, 6.45) is 1.37. The number of aliphatic carboxylic acids is 2. The summed E-state index contributed by atoms with van der Waals surface area (Å²) in [5, 5.41) is 31.1. The predicted octanol–water partition coefficient (Wildman–Crippen LogP) is 2.68. The summed E-state index contributed by atoms with van der Waals surface area (Å²) in [5.41, 5.74) is 0. The first kappa shape index (κ1) is 23.1. The lowest BCUT2D eigenvalue weighted by Gasteiger charge is -2.15. The van der Waals surface area contributed by atoms with Gasteiger partial charge in [0.1, 0.15) is 12.4 Å². The number of nitrogens with one attached hydrogen (secondary N) is 1. The minimum absolute atomic E-state index is 0.327. The molecule has 7 nitrogen and oxygen atoms in total. The molecule has 0 aromatic heterocycles. The van der Waals surface area contributed by atoms with Crippen molar-refractivity contribution in [2.75, 3.05) is 13.2 Å². The zero-order valence-electron chi connectivity index (χ0n) is 16.0. The van der Waals surface area contributed by atoms with Crippen LogP contribution in [0.2, 0.25) is 0 Å². The van der Waals surface area contributed by atoms with Gasteiger partial charge in [-0.05, 0) is 24.4 Å². The van der Waals surface area contributed by atoms with E-state index in [4.69, 9.17) is 14.9 Å². The van der Waals surface area contributed by atoms with Crippen LogP contribution in [0.1, 0.15) is 20.3 Å². The zero-order chi connectivity index (χ0) is 20.9. The van der Waals surface area contributed by atoms with E-state index in [1.807, 2.05) is 30.3 Å². The number of carboxylic acid groups (broad SMARTS) is 2. The molecule has 0 aliphatic heterocycles. The van der Waals surface area contributed by atoms with Crippen molar-refractivity contribution in [2.24, 2.45) is 0 Å². The number of hydrogen-bond donors (Lipinski definition) is 4. The van der Waals surface area contributed by atoms with Gasteiger partial charge >= 0.3 is 11.9 Å². The molecule has 152 valence electrons. The van der Waals surface area contributed by atoms with E-state index in [-0.39, 0.29) is 0 Å². The van der Waals surface area contributed by atoms with E-state index in [1.165, 1.54) is 0 Å². The Balaban J connectivity index is 0.000000416. The standard InChI is InChI=1S/C17H23NO2.C4H4O4/c1-13(2)18-11-10-15(19)12-20-17-9-5-7-14-6-3-4-8-16(14)17;5-3(6)1-2-4(7)8/h3-9,13,15,18-19H,10-12H2,1-2H3;1-2H,(H,5,6)(H,7,8). The second kappa shape index (κ2) is 12.5. The van der Waals surface area contributed by atoms with E-state index in [2.05, 4.69) is 31.3 Å². The number of benzene rings is 2. The molecule has 2 aromatic rings. The van der Waals surface area contributed by atoms with Gasteiger partial charge in [0.2, 0.25) is 0 Å². The summed E-state index contributed by atoms with van der Waals surface area (Å²) in [4.78, 5) is 19.1. The van der Waals surface area contributed by atoms with E-state index in [1.54, 1.807) is 0 Å². The first-order valence-electron chi connectivity index (χ1n) is 8.95. The van der Waals surface area contributed by atoms with Crippen LogP contribution in [0.4, 0.5) is 0 Å². The van der Waals surface area contributed by atoms with Gasteiger partial charge in [-0.25, -0.2) is 9.59 Å². The fraction of sp³-hybridized carbons (Fsp3) is 0.333. The van der Waals surface area contributed by atoms with Gasteiger partial charge in [0.05, 0.1) is 6.10 Å². The van der Waals surface area contributed by atoms with Gasteiger partial charge in [0, 0.05) is 23.6 Å². The van der Waals surface area contributed by atoms with Crippen molar-refractivity contribution in [3.05, 3.63) is 54.6 Å². The molecule has 0 bridgehead atoms. The van der Waals surface area contributed by atoms with Crippen molar-refractivity contribution in [1.29, 1.82) is 0 Å². The number of carboxylic acids is 2. The summed E-state index contributed by atoms with van der Waals surface area (Å²) in [5.74, 6) is -1.68. The average Bonchev–Trinajstić information content (AvgIpc) is 2.65. The SMILES string of the molecule is CC(C)NCCC(O)COc1cccc2ccccc12.O=C(O)C=CC(=O)O. The Morgan fingerprint density at radius 2 is 1.64 bits per heavy atom. The summed E-state index contributed by atoms with van der Waals surface area (Å²) in [6.45, 7) is 5.32. The summed E-state index contributed by atoms with van der Waals surface area (Å²) < 4.78 is 5.76. The van der Waals surface area contributed by atoms with E-state index < -0.39 is 18.0 Å². The Hall–Kier alpha value is -2.90. The molecule has 0 radical (unpaired) electrons. The number of rotatable bonds is 9. The van der Waals surface area contributed by atoms with Gasteiger partial charge in [0.15, 0.2) is 0 Å². The molecule has 0 amide bonds. The minimum atomic E-state index is -1.26. The lowest BCUT2D eigenvalue weighted by molar-refractivity contribution is -0.134. The summed E-state index contributed by atoms with van der Waals surface area (Å²) in [7, 11) is 0. The number of aliphatic hydroxyl groups is 1. The van der Waals surface area contributed by atoms with Gasteiger partial charge < -0.3 is 25.4 Å². The normalized spacial score (nSPS) is 11.9. The highest BCUT2D eigenvalue weighted by Gasteiger charge is 2.07. The van der Waals surface area contributed by atoms with E-state index >= 15 is 0 Å². The second-order valence-electron chi connectivity index (χ2n) is 6.35. The van der Waals surface area contributed by atoms with Crippen LogP contribution in [-0.2, 0) is 9.59 Å². The predicted molar refractivity (Wildman–Crippen MR) is 108 cm³/mol. The molecule has 2 aromatic carbocycles. The Kier molecular flexibility index (Phi) is 10.3. The highest BCUT2D eigenvalue weighted by molar-refractivity contribution is 5.89. The fourth-order valence-corrected chi connectivity index (χ4v) is 2.27. The second-order valence-corrected chi connectivity index (χ2v) is 6.35. The van der Waals surface area contributed by atoms with Crippen molar-refractivity contribution in [3.63, 3.8) is 0 Å². The molecular weight excluding hydrogens is 362 g/mol. The molecule has 1 atom stereocenters. The van der Waals surface area contributed by atoms with Crippen molar-refractivity contribution in [3.8, 4) is 5.75 Å². The molecule has 4 N–H and O–H groups in total. The third-order valence-corrected chi connectivity index (χ3v) is 3.58. The molecule has 28 heavy (non-hydrogen) atoms. The molecule has 0 aliphatic carbocycles. The zero-order valence-corrected chi connectivity index (χ0v) is 16.0. The lowest BCUT2D eigenvalue weighted by Crippen LogP contribution is -2.28. The molecule has 2 rings (SSSR count). The maximum atomic E-state index is 9.93.